The Morgan fingerprint density at radius 3 is 1.11 bits per heavy atom. The van der Waals surface area contributed by atoms with Crippen LogP contribution in [0.15, 0.2) is 85.1 Å². The third-order valence-electron chi connectivity index (χ3n) is 15.8. The van der Waals surface area contributed by atoms with Gasteiger partial charge in [-0.25, -0.2) is 4.57 Å². The Morgan fingerprint density at radius 1 is 0.412 bits per heavy atom. The van der Waals surface area contributed by atoms with E-state index in [0.717, 1.165) is 83.5 Å². The Balaban J connectivity index is 5.09. The van der Waals surface area contributed by atoms with Gasteiger partial charge in [0.15, 0.2) is 0 Å². The quantitative estimate of drug-likeness (QED) is 0.0205. The maximum absolute atomic E-state index is 13.6. The van der Waals surface area contributed by atoms with E-state index in [-0.39, 0.29) is 31.5 Å². The molecule has 0 aliphatic rings. The molecule has 0 saturated heterocycles. The lowest BCUT2D eigenvalue weighted by Crippen LogP contribution is -2.47. The Morgan fingerprint density at radius 2 is 0.718 bits per heavy atom. The van der Waals surface area contributed by atoms with Crippen molar-refractivity contribution in [1.82, 2.24) is 5.32 Å². The minimum Gasteiger partial charge on any atom is -0.456 e. The number of unbranched alkanes of at least 4 members (excludes halogenated alkanes) is 37. The van der Waals surface area contributed by atoms with E-state index >= 15 is 0 Å². The van der Waals surface area contributed by atoms with Gasteiger partial charge in [-0.15, -0.1) is 0 Å². The van der Waals surface area contributed by atoms with Crippen molar-refractivity contribution in [3.8, 4) is 0 Å². The SMILES string of the molecule is CCCCC/C=C\C/C=C\C/C=C\C/C=C\CCCCCC(=O)OC(/C=C\CCCCCCCCCCCCC)C(COP(=O)(O)OCC[N+](C)(C)C)NC(=O)CCCCCCCCCCCCCCCCCCC/C=C\C/C=C\CCCCC. The topological polar surface area (TPSA) is 111 Å². The first-order valence-electron chi connectivity index (χ1n) is 35.9. The van der Waals surface area contributed by atoms with Crippen LogP contribution in [0.3, 0.4) is 0 Å². The second-order valence-electron chi connectivity index (χ2n) is 25.4. The molecule has 0 rings (SSSR count). The number of esters is 1. The number of ether oxygens (including phenoxy) is 1. The number of quaternary nitrogens is 1. The number of carbonyl (C=O) groups excluding carboxylic acids is 2. The number of hydrogen-bond donors (Lipinski definition) is 2. The molecule has 85 heavy (non-hydrogen) atoms. The summed E-state index contributed by atoms with van der Waals surface area (Å²) in [5, 5.41) is 3.07. The van der Waals surface area contributed by atoms with Crippen LogP contribution < -0.4 is 5.32 Å². The van der Waals surface area contributed by atoms with E-state index in [1.54, 1.807) is 0 Å². The Hall–Kier alpha value is -2.81. The van der Waals surface area contributed by atoms with Crippen LogP contribution in [0.4, 0.5) is 0 Å². The molecule has 2 N–H and O–H groups in total. The molecule has 3 unspecified atom stereocenters. The average molecular weight is 1210 g/mol. The van der Waals surface area contributed by atoms with Crippen molar-refractivity contribution in [3.63, 3.8) is 0 Å². The lowest BCUT2D eigenvalue weighted by molar-refractivity contribution is -0.870. The van der Waals surface area contributed by atoms with E-state index in [0.29, 0.717) is 23.9 Å². The third-order valence-corrected chi connectivity index (χ3v) is 16.8. The summed E-state index contributed by atoms with van der Waals surface area (Å²) in [6, 6.07) is -0.865. The highest BCUT2D eigenvalue weighted by Gasteiger charge is 2.30. The predicted molar refractivity (Wildman–Crippen MR) is 369 cm³/mol. The number of nitrogens with one attached hydrogen (secondary N) is 1. The van der Waals surface area contributed by atoms with Crippen molar-refractivity contribution < 1.29 is 37.3 Å². The summed E-state index contributed by atoms with van der Waals surface area (Å²) in [5.74, 6) is -0.532. The number of likely N-dealkylation sites (N-methyl/N-ethyl adjacent to an activating group) is 1. The van der Waals surface area contributed by atoms with E-state index in [1.807, 2.05) is 33.3 Å². The highest BCUT2D eigenvalue weighted by molar-refractivity contribution is 7.47. The van der Waals surface area contributed by atoms with Gasteiger partial charge in [0.1, 0.15) is 19.3 Å². The largest absolute Gasteiger partial charge is 0.472 e. The highest BCUT2D eigenvalue weighted by Crippen LogP contribution is 2.43. The average Bonchev–Trinajstić information content (AvgIpc) is 3.50. The van der Waals surface area contributed by atoms with Crippen molar-refractivity contribution in [3.05, 3.63) is 85.1 Å². The van der Waals surface area contributed by atoms with Gasteiger partial charge in [-0.2, -0.15) is 0 Å². The molecule has 0 aromatic heterocycles. The number of carbonyl (C=O) groups is 2. The van der Waals surface area contributed by atoms with Crippen molar-refractivity contribution in [2.24, 2.45) is 0 Å². The molecule has 0 heterocycles. The summed E-state index contributed by atoms with van der Waals surface area (Å²) in [4.78, 5) is 37.9. The molecule has 0 bridgehead atoms. The molecule has 0 spiro atoms. The Labute approximate surface area is 526 Å². The zero-order valence-electron chi connectivity index (χ0n) is 56.6. The number of nitrogens with zero attached hydrogens (tertiary/aromatic N) is 1. The first-order chi connectivity index (χ1) is 41.4. The molecular formula is C75H138N2O7P+. The number of rotatable bonds is 65. The minimum atomic E-state index is -4.47. The fraction of sp³-hybridized carbons (Fsp3) is 0.787. The molecule has 0 aromatic rings. The molecule has 1 amide bonds. The number of phosphoric acid groups is 1. The van der Waals surface area contributed by atoms with Crippen LogP contribution in [0.1, 0.15) is 329 Å². The van der Waals surface area contributed by atoms with Gasteiger partial charge >= 0.3 is 13.8 Å². The molecule has 9 nitrogen and oxygen atoms in total. The lowest BCUT2D eigenvalue weighted by Gasteiger charge is -2.27. The lowest BCUT2D eigenvalue weighted by atomic mass is 10.0. The smallest absolute Gasteiger partial charge is 0.456 e. The minimum absolute atomic E-state index is 0.0331. The van der Waals surface area contributed by atoms with Crippen molar-refractivity contribution in [1.29, 1.82) is 0 Å². The Bertz CT molecular complexity index is 1730. The molecule has 3 atom stereocenters. The van der Waals surface area contributed by atoms with E-state index in [4.69, 9.17) is 13.8 Å². The van der Waals surface area contributed by atoms with Crippen LogP contribution >= 0.6 is 7.82 Å². The molecular weight excluding hydrogens is 1070 g/mol. The monoisotopic (exact) mass is 1210 g/mol. The third kappa shape index (κ3) is 65.5. The fourth-order valence-electron chi connectivity index (χ4n) is 10.2. The highest BCUT2D eigenvalue weighted by atomic mass is 31.2. The molecule has 0 saturated carbocycles. The maximum Gasteiger partial charge on any atom is 0.472 e. The molecule has 0 aromatic carbocycles. The first kappa shape index (κ1) is 82.2. The van der Waals surface area contributed by atoms with Gasteiger partial charge in [0.2, 0.25) is 5.91 Å². The van der Waals surface area contributed by atoms with Crippen LogP contribution in [-0.2, 0) is 27.9 Å². The maximum atomic E-state index is 13.6. The van der Waals surface area contributed by atoms with Gasteiger partial charge in [0, 0.05) is 12.8 Å². The van der Waals surface area contributed by atoms with E-state index in [2.05, 4.69) is 99.0 Å². The van der Waals surface area contributed by atoms with Gasteiger partial charge in [-0.3, -0.25) is 18.6 Å². The van der Waals surface area contributed by atoms with Gasteiger partial charge in [0.05, 0.1) is 33.8 Å². The molecule has 0 aliphatic carbocycles. The summed E-state index contributed by atoms with van der Waals surface area (Å²) in [6.07, 6.45) is 86.0. The van der Waals surface area contributed by atoms with Crippen molar-refractivity contribution in [2.75, 3.05) is 40.9 Å². The molecule has 10 heteroatoms. The van der Waals surface area contributed by atoms with Crippen molar-refractivity contribution >= 4 is 19.7 Å². The number of amides is 1. The fourth-order valence-corrected chi connectivity index (χ4v) is 11.0. The van der Waals surface area contributed by atoms with E-state index < -0.39 is 20.0 Å². The standard InChI is InChI=1S/C75H137N2O7P/c1-7-10-13-16-19-22-25-28-30-32-34-35-36-37-38-39-40-41-43-44-46-49-52-55-58-61-64-67-74(78)76-72(71-83-85(80,81)82-70-69-77(4,5)6)73(66-63-60-57-54-51-48-27-24-21-18-15-12-9-3)84-75(79)68-65-62-59-56-53-50-47-45-42-33-31-29-26-23-20-17-14-11-8-2/h19-20,22-23,28-31,42,45,50,53,63,66,72-73H,7-18,21,24-27,32-41,43-44,46-49,51-52,54-62,64-65,67-71H2,1-6H3,(H-,76,78,80,81)/p+1/b22-19-,23-20-,30-28-,31-29-,45-42-,53-50-,66-63-. The van der Waals surface area contributed by atoms with Crippen LogP contribution in [0, 0.1) is 0 Å². The zero-order valence-corrected chi connectivity index (χ0v) is 57.5. The molecule has 494 valence electrons. The molecule has 0 aliphatic heterocycles. The van der Waals surface area contributed by atoms with E-state index in [9.17, 15) is 19.0 Å². The first-order valence-corrected chi connectivity index (χ1v) is 37.4. The van der Waals surface area contributed by atoms with Crippen LogP contribution in [-0.4, -0.2) is 74.3 Å². The summed E-state index contributed by atoms with van der Waals surface area (Å²) in [6.45, 7) is 6.97. The van der Waals surface area contributed by atoms with E-state index in [1.165, 1.54) is 205 Å². The zero-order chi connectivity index (χ0) is 62.1. The Kier molecular flexibility index (Phi) is 62.1. The summed E-state index contributed by atoms with van der Waals surface area (Å²) < 4.78 is 30.8. The number of hydrogen-bond acceptors (Lipinski definition) is 6. The second-order valence-corrected chi connectivity index (χ2v) is 26.9. The van der Waals surface area contributed by atoms with Gasteiger partial charge < -0.3 is 19.4 Å². The summed E-state index contributed by atoms with van der Waals surface area (Å²) in [5.41, 5.74) is 0. The van der Waals surface area contributed by atoms with Crippen LogP contribution in [0.5, 0.6) is 0 Å². The number of phosphoric ester groups is 1. The summed E-state index contributed by atoms with van der Waals surface area (Å²) >= 11 is 0. The second kappa shape index (κ2) is 64.2. The van der Waals surface area contributed by atoms with Gasteiger partial charge in [-0.05, 0) is 109 Å². The van der Waals surface area contributed by atoms with Crippen molar-refractivity contribution in [2.45, 2.75) is 341 Å². The van der Waals surface area contributed by atoms with Crippen LogP contribution in [0.25, 0.3) is 0 Å². The molecule has 0 fully saturated rings. The number of allylic oxidation sites excluding steroid dienone is 13. The van der Waals surface area contributed by atoms with Gasteiger partial charge in [-0.1, -0.05) is 292 Å². The summed E-state index contributed by atoms with van der Waals surface area (Å²) in [7, 11) is 1.48. The molecule has 0 radical (unpaired) electrons. The van der Waals surface area contributed by atoms with Crippen LogP contribution in [0.2, 0.25) is 0 Å². The van der Waals surface area contributed by atoms with Gasteiger partial charge in [0.25, 0.3) is 0 Å². The normalized spacial score (nSPS) is 14.0. The predicted octanol–water partition coefficient (Wildman–Crippen LogP) is 22.9.